The summed E-state index contributed by atoms with van der Waals surface area (Å²) in [4.78, 5) is 13.4. The van der Waals surface area contributed by atoms with Gasteiger partial charge in [0.1, 0.15) is 0 Å². The van der Waals surface area contributed by atoms with Crippen LogP contribution in [-0.4, -0.2) is 41.3 Å². The number of benzene rings is 2. The molecule has 6 heteroatoms. The fraction of sp³-hybridized carbons (Fsp3) is 0.312. The van der Waals surface area contributed by atoms with Gasteiger partial charge < -0.3 is 9.64 Å². The van der Waals surface area contributed by atoms with Gasteiger partial charge in [0.2, 0.25) is 0 Å². The summed E-state index contributed by atoms with van der Waals surface area (Å²) < 4.78 is 29.6. The number of nitrogens with zero attached hydrogens (tertiary/aromatic N) is 1. The lowest BCUT2D eigenvalue weighted by molar-refractivity contribution is -0.140. The summed E-state index contributed by atoms with van der Waals surface area (Å²) in [6.07, 6.45) is -0.150. The lowest BCUT2D eigenvalue weighted by Gasteiger charge is -2.16. The van der Waals surface area contributed by atoms with Crippen LogP contribution in [0.25, 0.3) is 10.8 Å². The molecule has 0 atom stereocenters. The van der Waals surface area contributed by atoms with Crippen molar-refractivity contribution in [1.29, 1.82) is 0 Å². The zero-order valence-corrected chi connectivity index (χ0v) is 13.7. The van der Waals surface area contributed by atoms with E-state index in [1.165, 1.54) is 7.11 Å². The van der Waals surface area contributed by atoms with Crippen molar-refractivity contribution in [3.05, 3.63) is 36.4 Å². The number of ether oxygens (including phenoxy) is 1. The van der Waals surface area contributed by atoms with E-state index in [1.54, 1.807) is 18.2 Å². The Labute approximate surface area is 130 Å². The Morgan fingerprint density at radius 1 is 1.09 bits per heavy atom. The number of methoxy groups -OCH3 is 1. The Morgan fingerprint density at radius 3 is 2.36 bits per heavy atom. The molecule has 0 saturated carbocycles. The molecule has 2 rings (SSSR count). The van der Waals surface area contributed by atoms with Crippen molar-refractivity contribution in [3.63, 3.8) is 0 Å². The molecule has 0 saturated heterocycles. The van der Waals surface area contributed by atoms with Crippen molar-refractivity contribution in [2.24, 2.45) is 0 Å². The van der Waals surface area contributed by atoms with E-state index in [0.717, 1.165) is 11.1 Å². The van der Waals surface area contributed by atoms with E-state index in [2.05, 4.69) is 4.74 Å². The van der Waals surface area contributed by atoms with Gasteiger partial charge in [-0.05, 0) is 12.1 Å². The molecule has 2 aromatic rings. The van der Waals surface area contributed by atoms with Crippen LogP contribution in [0.15, 0.2) is 41.3 Å². The predicted octanol–water partition coefficient (Wildman–Crippen LogP) is 2.24. The van der Waals surface area contributed by atoms with Gasteiger partial charge in [-0.3, -0.25) is 4.79 Å². The van der Waals surface area contributed by atoms with E-state index in [9.17, 15) is 13.2 Å². The summed E-state index contributed by atoms with van der Waals surface area (Å²) in [7, 11) is 1.51. The molecular weight excluding hydrogens is 302 g/mol. The Morgan fingerprint density at radius 2 is 1.73 bits per heavy atom. The number of hydrogen-bond acceptors (Lipinski definition) is 5. The molecule has 5 nitrogen and oxygen atoms in total. The first-order valence-corrected chi connectivity index (χ1v) is 8.50. The van der Waals surface area contributed by atoms with Crippen molar-refractivity contribution in [3.8, 4) is 0 Å². The van der Waals surface area contributed by atoms with Gasteiger partial charge >= 0.3 is 5.97 Å². The maximum atomic E-state index is 12.5. The minimum absolute atomic E-state index is 0.150. The Hall–Kier alpha value is -2.08. The molecule has 0 fully saturated rings. The van der Waals surface area contributed by atoms with Gasteiger partial charge in [-0.25, -0.2) is 8.42 Å². The van der Waals surface area contributed by atoms with Gasteiger partial charge in [0.05, 0.1) is 24.2 Å². The number of anilines is 1. The third kappa shape index (κ3) is 3.22. The SMILES string of the molecule is COC(=O)CCS(=O)(=O)c1cccc2c(N(C)C)cccc12. The second-order valence-electron chi connectivity index (χ2n) is 5.17. The molecule has 0 heterocycles. The second-order valence-corrected chi connectivity index (χ2v) is 7.25. The average molecular weight is 321 g/mol. The molecule has 0 aliphatic heterocycles. The molecule has 22 heavy (non-hydrogen) atoms. The van der Waals surface area contributed by atoms with Crippen LogP contribution in [0.2, 0.25) is 0 Å². The Bertz CT molecular complexity index is 797. The highest BCUT2D eigenvalue weighted by atomic mass is 32.2. The molecule has 0 spiro atoms. The maximum absolute atomic E-state index is 12.5. The molecule has 2 aromatic carbocycles. The number of carbonyl (C=O) groups excluding carboxylic acids is 1. The number of rotatable bonds is 5. The second kappa shape index (κ2) is 6.36. The highest BCUT2D eigenvalue weighted by Crippen LogP contribution is 2.30. The molecule has 118 valence electrons. The summed E-state index contributed by atoms with van der Waals surface area (Å²) >= 11 is 0. The number of sulfone groups is 1. The van der Waals surface area contributed by atoms with Gasteiger partial charge in [0.25, 0.3) is 0 Å². The molecule has 0 aliphatic carbocycles. The molecule has 0 aliphatic rings. The standard InChI is InChI=1S/C16H19NO4S/c1-17(2)14-8-4-7-13-12(14)6-5-9-15(13)22(19,20)11-10-16(18)21-3/h4-9H,10-11H2,1-3H3. The minimum Gasteiger partial charge on any atom is -0.469 e. The summed E-state index contributed by atoms with van der Waals surface area (Å²) in [6, 6.07) is 10.7. The van der Waals surface area contributed by atoms with Crippen molar-refractivity contribution >= 4 is 32.3 Å². The van der Waals surface area contributed by atoms with E-state index >= 15 is 0 Å². The summed E-state index contributed by atoms with van der Waals surface area (Å²) in [5.41, 5.74) is 0.947. The number of carbonyl (C=O) groups is 1. The Kier molecular flexibility index (Phi) is 4.71. The van der Waals surface area contributed by atoms with Gasteiger partial charge in [-0.1, -0.05) is 24.3 Å². The molecule has 0 radical (unpaired) electrons. The third-order valence-corrected chi connectivity index (χ3v) is 5.25. The third-order valence-electron chi connectivity index (χ3n) is 3.48. The molecule has 0 amide bonds. The minimum atomic E-state index is -3.55. The van der Waals surface area contributed by atoms with Gasteiger partial charge in [0.15, 0.2) is 9.84 Å². The normalized spacial score (nSPS) is 11.4. The smallest absolute Gasteiger partial charge is 0.306 e. The van der Waals surface area contributed by atoms with Crippen LogP contribution in [0.1, 0.15) is 6.42 Å². The summed E-state index contributed by atoms with van der Waals surface area (Å²) in [5.74, 6) is -0.789. The molecule has 0 N–H and O–H groups in total. The van der Waals surface area contributed by atoms with E-state index in [1.807, 2.05) is 37.2 Å². The van der Waals surface area contributed by atoms with Crippen LogP contribution >= 0.6 is 0 Å². The van der Waals surface area contributed by atoms with Crippen molar-refractivity contribution in [1.82, 2.24) is 0 Å². The van der Waals surface area contributed by atoms with Crippen LogP contribution in [-0.2, 0) is 19.4 Å². The largest absolute Gasteiger partial charge is 0.469 e. The van der Waals surface area contributed by atoms with E-state index in [-0.39, 0.29) is 17.1 Å². The zero-order valence-electron chi connectivity index (χ0n) is 12.9. The summed E-state index contributed by atoms with van der Waals surface area (Å²) in [5, 5.41) is 1.53. The van der Waals surface area contributed by atoms with Crippen LogP contribution in [0, 0.1) is 0 Å². The van der Waals surface area contributed by atoms with Gasteiger partial charge in [-0.15, -0.1) is 0 Å². The number of hydrogen-bond donors (Lipinski definition) is 0. The fourth-order valence-corrected chi connectivity index (χ4v) is 3.81. The van der Waals surface area contributed by atoms with Crippen LogP contribution in [0.4, 0.5) is 5.69 Å². The number of fused-ring (bicyclic) bond motifs is 1. The first-order valence-electron chi connectivity index (χ1n) is 6.85. The molecule has 0 unspecified atom stereocenters. The maximum Gasteiger partial charge on any atom is 0.306 e. The average Bonchev–Trinajstić information content (AvgIpc) is 2.51. The Balaban J connectivity index is 2.52. The van der Waals surface area contributed by atoms with Crippen molar-refractivity contribution < 1.29 is 17.9 Å². The van der Waals surface area contributed by atoms with Crippen LogP contribution in [0.5, 0.6) is 0 Å². The zero-order chi connectivity index (χ0) is 16.3. The van der Waals surface area contributed by atoms with Crippen molar-refractivity contribution in [2.45, 2.75) is 11.3 Å². The van der Waals surface area contributed by atoms with E-state index in [4.69, 9.17) is 0 Å². The molecule has 0 aromatic heterocycles. The monoisotopic (exact) mass is 321 g/mol. The molecule has 0 bridgehead atoms. The quantitative estimate of drug-likeness (QED) is 0.790. The topological polar surface area (TPSA) is 63.7 Å². The molecular formula is C16H19NO4S. The first kappa shape index (κ1) is 16.3. The van der Waals surface area contributed by atoms with Crippen LogP contribution < -0.4 is 4.90 Å². The van der Waals surface area contributed by atoms with E-state index < -0.39 is 15.8 Å². The lowest BCUT2D eigenvalue weighted by atomic mass is 10.1. The fourth-order valence-electron chi connectivity index (χ4n) is 2.36. The highest BCUT2D eigenvalue weighted by Gasteiger charge is 2.20. The van der Waals surface area contributed by atoms with E-state index in [0.29, 0.717) is 5.39 Å². The lowest BCUT2D eigenvalue weighted by Crippen LogP contribution is -2.13. The summed E-state index contributed by atoms with van der Waals surface area (Å²) in [6.45, 7) is 0. The van der Waals surface area contributed by atoms with Crippen LogP contribution in [0.3, 0.4) is 0 Å². The number of esters is 1. The van der Waals surface area contributed by atoms with Crippen molar-refractivity contribution in [2.75, 3.05) is 31.9 Å². The predicted molar refractivity (Wildman–Crippen MR) is 87.0 cm³/mol. The highest BCUT2D eigenvalue weighted by molar-refractivity contribution is 7.91. The van der Waals surface area contributed by atoms with Gasteiger partial charge in [0, 0.05) is 30.6 Å². The van der Waals surface area contributed by atoms with Gasteiger partial charge in [-0.2, -0.15) is 0 Å². The first-order chi connectivity index (χ1) is 10.4.